The predicted octanol–water partition coefficient (Wildman–Crippen LogP) is 3.74. The van der Waals surface area contributed by atoms with Crippen molar-refractivity contribution in [3.05, 3.63) is 46.2 Å². The van der Waals surface area contributed by atoms with E-state index < -0.39 is 0 Å². The van der Waals surface area contributed by atoms with Crippen LogP contribution in [0.3, 0.4) is 0 Å². The van der Waals surface area contributed by atoms with Crippen LogP contribution in [0.25, 0.3) is 0 Å². The summed E-state index contributed by atoms with van der Waals surface area (Å²) in [7, 11) is 0. The first-order valence-electron chi connectivity index (χ1n) is 8.10. The lowest BCUT2D eigenvalue weighted by Gasteiger charge is -2.24. The monoisotopic (exact) mass is 329 g/mol. The van der Waals surface area contributed by atoms with Gasteiger partial charge in [0.2, 0.25) is 5.91 Å². The molecule has 0 bridgehead atoms. The number of carbonyl (C=O) groups is 1. The van der Waals surface area contributed by atoms with Crippen LogP contribution < -0.4 is 0 Å². The standard InChI is InChI=1S/C18H23N3OS/c1-18(2,3)17-20-13(12-23-17)11-16(22)21-10-6-8-15(21)14-7-4-5-9-19-14/h4-5,7,9,12,15H,6,8,10-11H2,1-3H3/t15-/m0/s1. The van der Waals surface area contributed by atoms with Gasteiger partial charge in [0.25, 0.3) is 0 Å². The largest absolute Gasteiger partial charge is 0.334 e. The van der Waals surface area contributed by atoms with Gasteiger partial charge in [0.15, 0.2) is 0 Å². The van der Waals surface area contributed by atoms with Crippen molar-refractivity contribution in [2.75, 3.05) is 6.54 Å². The third-order valence-electron chi connectivity index (χ3n) is 4.13. The fourth-order valence-electron chi connectivity index (χ4n) is 2.93. The summed E-state index contributed by atoms with van der Waals surface area (Å²) in [4.78, 5) is 23.8. The van der Waals surface area contributed by atoms with Crippen molar-refractivity contribution in [3.63, 3.8) is 0 Å². The molecule has 0 radical (unpaired) electrons. The van der Waals surface area contributed by atoms with Crippen LogP contribution in [0.4, 0.5) is 0 Å². The summed E-state index contributed by atoms with van der Waals surface area (Å²) in [5.41, 5.74) is 1.92. The topological polar surface area (TPSA) is 46.1 Å². The lowest BCUT2D eigenvalue weighted by molar-refractivity contribution is -0.131. The van der Waals surface area contributed by atoms with Crippen molar-refractivity contribution < 1.29 is 4.79 Å². The Morgan fingerprint density at radius 1 is 1.39 bits per heavy atom. The van der Waals surface area contributed by atoms with Gasteiger partial charge < -0.3 is 4.90 Å². The van der Waals surface area contributed by atoms with Gasteiger partial charge in [0.05, 0.1) is 28.9 Å². The third-order valence-corrected chi connectivity index (χ3v) is 5.44. The number of hydrogen-bond acceptors (Lipinski definition) is 4. The van der Waals surface area contributed by atoms with Crippen molar-refractivity contribution in [1.29, 1.82) is 0 Å². The number of amides is 1. The molecule has 0 spiro atoms. The molecule has 4 nitrogen and oxygen atoms in total. The smallest absolute Gasteiger partial charge is 0.229 e. The number of thiazole rings is 1. The van der Waals surface area contributed by atoms with Crippen molar-refractivity contribution in [2.45, 2.75) is 51.5 Å². The fraction of sp³-hybridized carbons (Fsp3) is 0.500. The zero-order valence-corrected chi connectivity index (χ0v) is 14.8. The highest BCUT2D eigenvalue weighted by Crippen LogP contribution is 2.31. The van der Waals surface area contributed by atoms with Crippen molar-refractivity contribution in [1.82, 2.24) is 14.9 Å². The molecule has 1 amide bonds. The highest BCUT2D eigenvalue weighted by atomic mass is 32.1. The Hall–Kier alpha value is -1.75. The first kappa shape index (κ1) is 16.1. The van der Waals surface area contributed by atoms with E-state index in [1.165, 1.54) is 0 Å². The minimum atomic E-state index is 0.0378. The van der Waals surface area contributed by atoms with Gasteiger partial charge in [-0.15, -0.1) is 11.3 Å². The highest BCUT2D eigenvalue weighted by Gasteiger charge is 2.31. The minimum Gasteiger partial charge on any atom is -0.334 e. The summed E-state index contributed by atoms with van der Waals surface area (Å²) in [6.45, 7) is 7.26. The van der Waals surface area contributed by atoms with Gasteiger partial charge in [-0.25, -0.2) is 4.98 Å². The summed E-state index contributed by atoms with van der Waals surface area (Å²) < 4.78 is 0. The zero-order chi connectivity index (χ0) is 16.4. The summed E-state index contributed by atoms with van der Waals surface area (Å²) in [6, 6.07) is 6.02. The first-order chi connectivity index (χ1) is 10.9. The normalized spacial score (nSPS) is 18.4. The second kappa shape index (κ2) is 6.40. The molecule has 23 heavy (non-hydrogen) atoms. The van der Waals surface area contributed by atoms with Crippen LogP contribution in [0.2, 0.25) is 0 Å². The van der Waals surface area contributed by atoms with E-state index in [0.29, 0.717) is 6.42 Å². The molecule has 1 aliphatic heterocycles. The Bertz CT molecular complexity index is 675. The van der Waals surface area contributed by atoms with Crippen molar-refractivity contribution in [2.24, 2.45) is 0 Å². The Morgan fingerprint density at radius 3 is 2.87 bits per heavy atom. The van der Waals surface area contributed by atoms with E-state index in [1.807, 2.05) is 28.5 Å². The van der Waals surface area contributed by atoms with E-state index in [9.17, 15) is 4.79 Å². The predicted molar refractivity (Wildman–Crippen MR) is 92.4 cm³/mol. The average molecular weight is 329 g/mol. The van der Waals surface area contributed by atoms with E-state index in [1.54, 1.807) is 17.5 Å². The van der Waals surface area contributed by atoms with Gasteiger partial charge in [-0.05, 0) is 25.0 Å². The molecule has 3 rings (SSSR count). The molecule has 0 aromatic carbocycles. The van der Waals surface area contributed by atoms with Crippen molar-refractivity contribution >= 4 is 17.2 Å². The van der Waals surface area contributed by atoms with Gasteiger partial charge >= 0.3 is 0 Å². The SMILES string of the molecule is CC(C)(C)c1nc(CC(=O)N2CCC[C@H]2c2ccccn2)cs1. The van der Waals surface area contributed by atoms with Crippen LogP contribution in [0.5, 0.6) is 0 Å². The second-order valence-electron chi connectivity index (χ2n) is 7.07. The maximum absolute atomic E-state index is 12.7. The molecule has 0 saturated carbocycles. The molecule has 2 aromatic rings. The van der Waals surface area contributed by atoms with Gasteiger partial charge in [-0.2, -0.15) is 0 Å². The Morgan fingerprint density at radius 2 is 2.22 bits per heavy atom. The van der Waals surface area contributed by atoms with Gasteiger partial charge in [0.1, 0.15) is 0 Å². The van der Waals surface area contributed by atoms with Crippen molar-refractivity contribution in [3.8, 4) is 0 Å². The maximum Gasteiger partial charge on any atom is 0.229 e. The molecule has 122 valence electrons. The lowest BCUT2D eigenvalue weighted by atomic mass is 9.98. The molecule has 2 aromatic heterocycles. The Kier molecular flexibility index (Phi) is 4.48. The summed E-state index contributed by atoms with van der Waals surface area (Å²) in [6.07, 6.45) is 4.21. The zero-order valence-electron chi connectivity index (χ0n) is 14.0. The number of aromatic nitrogens is 2. The number of carbonyl (C=O) groups excluding carboxylic acids is 1. The third kappa shape index (κ3) is 3.61. The molecule has 1 saturated heterocycles. The summed E-state index contributed by atoms with van der Waals surface area (Å²) in [5, 5.41) is 3.10. The lowest BCUT2D eigenvalue weighted by Crippen LogP contribution is -2.32. The highest BCUT2D eigenvalue weighted by molar-refractivity contribution is 7.09. The van der Waals surface area contributed by atoms with E-state index in [2.05, 4.69) is 30.7 Å². The molecule has 0 N–H and O–H groups in total. The fourth-order valence-corrected chi connectivity index (χ4v) is 3.84. The van der Waals surface area contributed by atoms with Crippen LogP contribution in [-0.4, -0.2) is 27.3 Å². The number of rotatable bonds is 3. The number of hydrogen-bond donors (Lipinski definition) is 0. The molecule has 0 unspecified atom stereocenters. The van der Waals surface area contributed by atoms with Gasteiger partial charge in [-0.1, -0.05) is 26.8 Å². The quantitative estimate of drug-likeness (QED) is 0.862. The van der Waals surface area contributed by atoms with Gasteiger partial charge in [-0.3, -0.25) is 9.78 Å². The van der Waals surface area contributed by atoms with Crippen LogP contribution >= 0.6 is 11.3 Å². The Balaban J connectivity index is 1.71. The Labute approximate surface area is 141 Å². The molecule has 1 atom stereocenters. The molecule has 5 heteroatoms. The number of pyridine rings is 1. The van der Waals surface area contributed by atoms with Crippen LogP contribution in [0.15, 0.2) is 29.8 Å². The summed E-state index contributed by atoms with van der Waals surface area (Å²) >= 11 is 1.64. The molecular formula is C18H23N3OS. The summed E-state index contributed by atoms with van der Waals surface area (Å²) in [5.74, 6) is 0.156. The van der Waals surface area contributed by atoms with Crippen LogP contribution in [-0.2, 0) is 16.6 Å². The molecule has 1 aliphatic rings. The van der Waals surface area contributed by atoms with E-state index in [-0.39, 0.29) is 17.4 Å². The van der Waals surface area contributed by atoms with Crippen LogP contribution in [0, 0.1) is 0 Å². The van der Waals surface area contributed by atoms with E-state index in [0.717, 1.165) is 35.8 Å². The average Bonchev–Trinajstić information content (AvgIpc) is 3.16. The molecular weight excluding hydrogens is 306 g/mol. The maximum atomic E-state index is 12.7. The second-order valence-corrected chi connectivity index (χ2v) is 7.93. The van der Waals surface area contributed by atoms with E-state index >= 15 is 0 Å². The minimum absolute atomic E-state index is 0.0378. The first-order valence-corrected chi connectivity index (χ1v) is 8.98. The molecule has 1 fully saturated rings. The van der Waals surface area contributed by atoms with E-state index in [4.69, 9.17) is 0 Å². The van der Waals surface area contributed by atoms with Crippen LogP contribution in [0.1, 0.15) is 56.1 Å². The molecule has 0 aliphatic carbocycles. The number of nitrogens with zero attached hydrogens (tertiary/aromatic N) is 3. The van der Waals surface area contributed by atoms with Gasteiger partial charge in [0, 0.05) is 23.5 Å². The molecule has 3 heterocycles. The number of likely N-dealkylation sites (tertiary alicyclic amines) is 1.